The predicted octanol–water partition coefficient (Wildman–Crippen LogP) is 4.47. The number of unbranched alkanes of at least 4 members (excludes halogenated alkanes) is 1. The van der Waals surface area contributed by atoms with Crippen LogP contribution in [0.5, 0.6) is 5.75 Å². The number of hydrogen-bond donors (Lipinski definition) is 2. The van der Waals surface area contributed by atoms with Gasteiger partial charge in [0.1, 0.15) is 22.9 Å². The second-order valence-corrected chi connectivity index (χ2v) is 6.82. The lowest BCUT2D eigenvalue weighted by molar-refractivity contribution is 0.143. The molecule has 12 heteroatoms. The van der Waals surface area contributed by atoms with Gasteiger partial charge >= 0.3 is 6.09 Å². The highest BCUT2D eigenvalue weighted by Crippen LogP contribution is 2.21. The van der Waals surface area contributed by atoms with Crippen LogP contribution in [-0.2, 0) is 17.8 Å². The molecule has 1 amide bonds. The van der Waals surface area contributed by atoms with Crippen molar-refractivity contribution < 1.29 is 23.0 Å². The van der Waals surface area contributed by atoms with E-state index in [1.165, 1.54) is 0 Å². The Hall–Kier alpha value is -3.21. The van der Waals surface area contributed by atoms with Crippen molar-refractivity contribution in [1.29, 1.82) is 0 Å². The number of imidazole rings is 1. The SMILES string of the molecule is CC.CCOc1cc(F)c(CNC(=O)OCCCCn2cnc3c(N)nc(Cl)nc32)c(F)c1. The fraction of sp³-hybridized carbons (Fsp3) is 0.429. The van der Waals surface area contributed by atoms with Crippen molar-refractivity contribution in [3.8, 4) is 5.75 Å². The molecule has 180 valence electrons. The number of rotatable bonds is 9. The van der Waals surface area contributed by atoms with Crippen LogP contribution in [0, 0.1) is 11.6 Å². The summed E-state index contributed by atoms with van der Waals surface area (Å²) in [5.74, 6) is -1.32. The van der Waals surface area contributed by atoms with Crippen LogP contribution in [0.15, 0.2) is 18.5 Å². The monoisotopic (exact) mass is 484 g/mol. The molecule has 0 saturated heterocycles. The fourth-order valence-electron chi connectivity index (χ4n) is 2.86. The van der Waals surface area contributed by atoms with Crippen molar-refractivity contribution in [2.45, 2.75) is 46.7 Å². The van der Waals surface area contributed by atoms with E-state index < -0.39 is 17.7 Å². The molecule has 3 rings (SSSR count). The van der Waals surface area contributed by atoms with E-state index in [0.29, 0.717) is 30.6 Å². The molecule has 1 aromatic carbocycles. The zero-order chi connectivity index (χ0) is 24.4. The molecular weight excluding hydrogens is 458 g/mol. The summed E-state index contributed by atoms with van der Waals surface area (Å²) in [6.07, 6.45) is 2.02. The quantitative estimate of drug-likeness (QED) is 0.340. The van der Waals surface area contributed by atoms with E-state index in [0.717, 1.165) is 12.1 Å². The van der Waals surface area contributed by atoms with Crippen LogP contribution in [-0.4, -0.2) is 38.8 Å². The average molecular weight is 485 g/mol. The lowest BCUT2D eigenvalue weighted by atomic mass is 10.2. The topological polar surface area (TPSA) is 117 Å². The van der Waals surface area contributed by atoms with Crippen LogP contribution in [0.2, 0.25) is 5.28 Å². The summed E-state index contributed by atoms with van der Waals surface area (Å²) in [5.41, 5.74) is 6.48. The predicted molar refractivity (Wildman–Crippen MR) is 121 cm³/mol. The van der Waals surface area contributed by atoms with Crippen LogP contribution in [0.3, 0.4) is 0 Å². The molecule has 3 N–H and O–H groups in total. The van der Waals surface area contributed by atoms with Gasteiger partial charge in [-0.05, 0) is 31.4 Å². The highest BCUT2D eigenvalue weighted by Gasteiger charge is 2.14. The molecule has 0 fully saturated rings. The zero-order valence-electron chi connectivity index (χ0n) is 18.7. The summed E-state index contributed by atoms with van der Waals surface area (Å²) >= 11 is 5.83. The zero-order valence-corrected chi connectivity index (χ0v) is 19.5. The molecule has 33 heavy (non-hydrogen) atoms. The Labute approximate surface area is 195 Å². The number of aryl methyl sites for hydroxylation is 1. The van der Waals surface area contributed by atoms with Gasteiger partial charge in [0.2, 0.25) is 5.28 Å². The molecule has 0 aliphatic rings. The van der Waals surface area contributed by atoms with Gasteiger partial charge in [-0.3, -0.25) is 0 Å². The van der Waals surface area contributed by atoms with E-state index in [2.05, 4.69) is 20.3 Å². The number of nitrogens with zero attached hydrogens (tertiary/aromatic N) is 4. The van der Waals surface area contributed by atoms with E-state index in [-0.39, 0.29) is 42.2 Å². The number of nitrogen functional groups attached to an aromatic ring is 1. The van der Waals surface area contributed by atoms with E-state index >= 15 is 0 Å². The number of carbonyl (C=O) groups is 1. The van der Waals surface area contributed by atoms with Gasteiger partial charge in [-0.2, -0.15) is 9.97 Å². The first-order valence-corrected chi connectivity index (χ1v) is 10.9. The second kappa shape index (κ2) is 12.7. The minimum absolute atomic E-state index is 0.0344. The number of ether oxygens (including phenoxy) is 2. The van der Waals surface area contributed by atoms with Crippen LogP contribution in [0.1, 0.15) is 39.2 Å². The Morgan fingerprint density at radius 2 is 1.91 bits per heavy atom. The number of fused-ring (bicyclic) bond motifs is 1. The molecule has 3 aromatic rings. The van der Waals surface area contributed by atoms with Gasteiger partial charge in [0.25, 0.3) is 0 Å². The number of nitrogens with two attached hydrogens (primary N) is 1. The Morgan fingerprint density at radius 3 is 2.58 bits per heavy atom. The lowest BCUT2D eigenvalue weighted by Crippen LogP contribution is -2.25. The van der Waals surface area contributed by atoms with Gasteiger partial charge in [-0.1, -0.05) is 13.8 Å². The number of halogens is 3. The Kier molecular flexibility index (Phi) is 10.0. The van der Waals surface area contributed by atoms with Crippen LogP contribution in [0.4, 0.5) is 19.4 Å². The normalized spacial score (nSPS) is 10.5. The first-order chi connectivity index (χ1) is 15.9. The summed E-state index contributed by atoms with van der Waals surface area (Å²) in [6.45, 7) is 6.33. The highest BCUT2D eigenvalue weighted by atomic mass is 35.5. The number of nitrogens with one attached hydrogen (secondary N) is 1. The van der Waals surface area contributed by atoms with E-state index in [1.807, 2.05) is 13.8 Å². The van der Waals surface area contributed by atoms with Crippen molar-refractivity contribution in [2.24, 2.45) is 0 Å². The fourth-order valence-corrected chi connectivity index (χ4v) is 3.03. The molecule has 2 heterocycles. The first-order valence-electron chi connectivity index (χ1n) is 10.5. The Balaban J connectivity index is 0.00000187. The second-order valence-electron chi connectivity index (χ2n) is 6.48. The summed E-state index contributed by atoms with van der Waals surface area (Å²) in [7, 11) is 0. The molecule has 0 spiro atoms. The lowest BCUT2D eigenvalue weighted by Gasteiger charge is -2.10. The Morgan fingerprint density at radius 1 is 1.21 bits per heavy atom. The van der Waals surface area contributed by atoms with Gasteiger partial charge in [0.05, 0.1) is 26.1 Å². The third-order valence-corrected chi connectivity index (χ3v) is 4.49. The minimum Gasteiger partial charge on any atom is -0.494 e. The van der Waals surface area contributed by atoms with E-state index in [9.17, 15) is 13.6 Å². The van der Waals surface area contributed by atoms with Gasteiger partial charge in [-0.25, -0.2) is 18.6 Å². The smallest absolute Gasteiger partial charge is 0.407 e. The molecule has 0 aliphatic carbocycles. The van der Waals surface area contributed by atoms with Crippen molar-refractivity contribution >= 4 is 34.7 Å². The number of hydrogen-bond acceptors (Lipinski definition) is 7. The summed E-state index contributed by atoms with van der Waals surface area (Å²) in [4.78, 5) is 23.9. The maximum atomic E-state index is 14.0. The van der Waals surface area contributed by atoms with E-state index in [4.69, 9.17) is 26.8 Å². The maximum absolute atomic E-state index is 14.0. The maximum Gasteiger partial charge on any atom is 0.407 e. The average Bonchev–Trinajstić information content (AvgIpc) is 3.17. The van der Waals surface area contributed by atoms with E-state index in [1.54, 1.807) is 17.8 Å². The molecule has 0 atom stereocenters. The number of aromatic nitrogens is 4. The standard InChI is InChI=1S/C19H21ClF2N6O3.C2H6/c1-2-30-11-7-13(21)12(14(22)8-11)9-24-19(29)31-6-4-3-5-28-10-25-15-16(23)26-18(20)27-17(15)28;1-2/h7-8,10H,2-6,9H2,1H3,(H,24,29)(H2,23,26,27);1-2H3. The number of benzene rings is 1. The molecule has 9 nitrogen and oxygen atoms in total. The van der Waals surface area contributed by atoms with Crippen molar-refractivity contribution in [1.82, 2.24) is 24.8 Å². The number of anilines is 1. The molecule has 0 unspecified atom stereocenters. The molecule has 0 radical (unpaired) electrons. The largest absolute Gasteiger partial charge is 0.494 e. The van der Waals surface area contributed by atoms with Crippen molar-refractivity contribution in [3.05, 3.63) is 40.9 Å². The number of carbonyl (C=O) groups excluding carboxylic acids is 1. The molecular formula is C21H27ClF2N6O3. The third kappa shape index (κ3) is 7.14. The van der Waals surface area contributed by atoms with Crippen molar-refractivity contribution in [3.63, 3.8) is 0 Å². The van der Waals surface area contributed by atoms with Gasteiger partial charge < -0.3 is 25.1 Å². The summed E-state index contributed by atoms with van der Waals surface area (Å²) in [6, 6.07) is 2.14. The van der Waals surface area contributed by atoms with Crippen LogP contribution in [0.25, 0.3) is 11.2 Å². The number of amides is 1. The molecule has 0 aliphatic heterocycles. The van der Waals surface area contributed by atoms with Gasteiger partial charge in [0, 0.05) is 24.2 Å². The first kappa shape index (κ1) is 26.0. The number of alkyl carbamates (subject to hydrolysis) is 1. The summed E-state index contributed by atoms with van der Waals surface area (Å²) < 4.78 is 39.9. The molecule has 0 saturated carbocycles. The van der Waals surface area contributed by atoms with Crippen molar-refractivity contribution in [2.75, 3.05) is 18.9 Å². The Bertz CT molecular complexity index is 1060. The van der Waals surface area contributed by atoms with Crippen LogP contribution < -0.4 is 15.8 Å². The highest BCUT2D eigenvalue weighted by molar-refractivity contribution is 6.28. The van der Waals surface area contributed by atoms with Crippen LogP contribution >= 0.6 is 11.6 Å². The summed E-state index contributed by atoms with van der Waals surface area (Å²) in [5, 5.41) is 2.36. The minimum atomic E-state index is -0.805. The van der Waals surface area contributed by atoms with Gasteiger partial charge in [0.15, 0.2) is 11.5 Å². The molecule has 2 aromatic heterocycles. The van der Waals surface area contributed by atoms with Gasteiger partial charge in [-0.15, -0.1) is 0 Å². The third-order valence-electron chi connectivity index (χ3n) is 4.33. The molecule has 0 bridgehead atoms.